The summed E-state index contributed by atoms with van der Waals surface area (Å²) in [5.74, 6) is -1.53. The van der Waals surface area contributed by atoms with Gasteiger partial charge in [0.25, 0.3) is 0 Å². The van der Waals surface area contributed by atoms with Crippen LogP contribution < -0.4 is 5.73 Å². The fraction of sp³-hybridized carbons (Fsp3) is 0.786. The molecule has 2 aliphatic rings. The Balaban J connectivity index is 1.86. The molecule has 2 rings (SSSR count). The number of carbonyl (C=O) groups is 3. The van der Waals surface area contributed by atoms with Gasteiger partial charge in [0.1, 0.15) is 0 Å². The molecule has 0 aliphatic carbocycles. The van der Waals surface area contributed by atoms with Gasteiger partial charge in [-0.25, -0.2) is 0 Å². The molecule has 0 bridgehead atoms. The fourth-order valence-corrected chi connectivity index (χ4v) is 3.15. The van der Waals surface area contributed by atoms with Crippen LogP contribution in [-0.2, 0) is 14.4 Å². The minimum absolute atomic E-state index is 0.0352. The Hall–Kier alpha value is -1.63. The van der Waals surface area contributed by atoms with Crippen molar-refractivity contribution < 1.29 is 19.5 Å². The Morgan fingerprint density at radius 2 is 1.71 bits per heavy atom. The van der Waals surface area contributed by atoms with Crippen molar-refractivity contribution in [3.63, 3.8) is 0 Å². The summed E-state index contributed by atoms with van der Waals surface area (Å²) in [6.45, 7) is 1.87. The summed E-state index contributed by atoms with van der Waals surface area (Å²) in [7, 11) is 0. The summed E-state index contributed by atoms with van der Waals surface area (Å²) in [6, 6.07) is -0.348. The van der Waals surface area contributed by atoms with Gasteiger partial charge in [0, 0.05) is 13.1 Å². The number of amides is 2. The number of nitrogens with zero attached hydrogens (tertiary/aromatic N) is 2. The number of hydrogen-bond acceptors (Lipinski definition) is 4. The molecule has 0 aromatic heterocycles. The van der Waals surface area contributed by atoms with E-state index in [-0.39, 0.29) is 30.3 Å². The monoisotopic (exact) mass is 297 g/mol. The number of rotatable bonds is 4. The zero-order valence-corrected chi connectivity index (χ0v) is 12.2. The molecule has 1 atom stereocenters. The van der Waals surface area contributed by atoms with Crippen LogP contribution in [0.4, 0.5) is 0 Å². The molecule has 0 radical (unpaired) electrons. The minimum atomic E-state index is -0.785. The molecule has 0 aromatic rings. The van der Waals surface area contributed by atoms with E-state index in [2.05, 4.69) is 0 Å². The smallest absolute Gasteiger partial charge is 0.306 e. The molecule has 2 amide bonds. The van der Waals surface area contributed by atoms with E-state index >= 15 is 0 Å². The van der Waals surface area contributed by atoms with E-state index in [0.717, 1.165) is 12.8 Å². The molecule has 7 nitrogen and oxygen atoms in total. The maximum absolute atomic E-state index is 12.3. The molecule has 2 fully saturated rings. The summed E-state index contributed by atoms with van der Waals surface area (Å²) in [4.78, 5) is 38.2. The van der Waals surface area contributed by atoms with Crippen molar-refractivity contribution in [1.29, 1.82) is 0 Å². The first-order valence-corrected chi connectivity index (χ1v) is 7.53. The summed E-state index contributed by atoms with van der Waals surface area (Å²) < 4.78 is 0. The highest BCUT2D eigenvalue weighted by Crippen LogP contribution is 2.20. The maximum Gasteiger partial charge on any atom is 0.306 e. The Morgan fingerprint density at radius 3 is 2.29 bits per heavy atom. The molecule has 0 aromatic carbocycles. The number of carbonyl (C=O) groups excluding carboxylic acids is 2. The van der Waals surface area contributed by atoms with Crippen molar-refractivity contribution in [2.45, 2.75) is 38.1 Å². The van der Waals surface area contributed by atoms with Crippen LogP contribution in [0.25, 0.3) is 0 Å². The predicted octanol–water partition coefficient (Wildman–Crippen LogP) is -0.351. The lowest BCUT2D eigenvalue weighted by molar-refractivity contribution is -0.146. The number of piperidine rings is 2. The van der Waals surface area contributed by atoms with E-state index in [4.69, 9.17) is 10.8 Å². The van der Waals surface area contributed by atoms with Crippen LogP contribution in [0.3, 0.4) is 0 Å². The molecule has 2 aliphatic heterocycles. The van der Waals surface area contributed by atoms with Gasteiger partial charge in [0.2, 0.25) is 11.8 Å². The highest BCUT2D eigenvalue weighted by molar-refractivity contribution is 5.82. The lowest BCUT2D eigenvalue weighted by Gasteiger charge is -2.36. The Bertz CT molecular complexity index is 418. The van der Waals surface area contributed by atoms with Crippen LogP contribution in [-0.4, -0.2) is 64.9 Å². The Morgan fingerprint density at radius 1 is 1.05 bits per heavy atom. The molecular weight excluding hydrogens is 274 g/mol. The number of carboxylic acids is 1. The molecule has 1 unspecified atom stereocenters. The molecule has 3 N–H and O–H groups in total. The molecule has 7 heteroatoms. The van der Waals surface area contributed by atoms with Gasteiger partial charge in [-0.3, -0.25) is 19.3 Å². The topological polar surface area (TPSA) is 104 Å². The van der Waals surface area contributed by atoms with Gasteiger partial charge in [-0.2, -0.15) is 0 Å². The first kappa shape index (κ1) is 15.8. The normalized spacial score (nSPS) is 24.8. The van der Waals surface area contributed by atoms with Gasteiger partial charge in [-0.15, -0.1) is 0 Å². The van der Waals surface area contributed by atoms with Crippen molar-refractivity contribution in [3.05, 3.63) is 0 Å². The van der Waals surface area contributed by atoms with Crippen LogP contribution in [0.2, 0.25) is 0 Å². The summed E-state index contributed by atoms with van der Waals surface area (Å²) in [6.07, 6.45) is 3.64. The van der Waals surface area contributed by atoms with E-state index < -0.39 is 5.97 Å². The SMILES string of the molecule is NC(=O)C1CCCCN1CC(=O)N1CCC(C(=O)O)CC1. The lowest BCUT2D eigenvalue weighted by atomic mass is 9.97. The van der Waals surface area contributed by atoms with Crippen molar-refractivity contribution in [3.8, 4) is 0 Å². The number of nitrogens with two attached hydrogens (primary N) is 1. The number of aliphatic carboxylic acids is 1. The van der Waals surface area contributed by atoms with Gasteiger partial charge >= 0.3 is 5.97 Å². The zero-order valence-electron chi connectivity index (χ0n) is 12.2. The third kappa shape index (κ3) is 3.93. The van der Waals surface area contributed by atoms with Crippen molar-refractivity contribution >= 4 is 17.8 Å². The van der Waals surface area contributed by atoms with E-state index in [0.29, 0.717) is 38.9 Å². The highest BCUT2D eigenvalue weighted by atomic mass is 16.4. The van der Waals surface area contributed by atoms with E-state index in [1.807, 2.05) is 4.90 Å². The first-order chi connectivity index (χ1) is 9.99. The van der Waals surface area contributed by atoms with Crippen molar-refractivity contribution in [1.82, 2.24) is 9.80 Å². The largest absolute Gasteiger partial charge is 0.481 e. The maximum atomic E-state index is 12.3. The quantitative estimate of drug-likeness (QED) is 0.738. The second-order valence-electron chi connectivity index (χ2n) is 5.88. The molecule has 2 saturated heterocycles. The van der Waals surface area contributed by atoms with Crippen LogP contribution >= 0.6 is 0 Å². The molecule has 2 heterocycles. The van der Waals surface area contributed by atoms with Crippen LogP contribution in [0.1, 0.15) is 32.1 Å². The third-order valence-electron chi connectivity index (χ3n) is 4.48. The summed E-state index contributed by atoms with van der Waals surface area (Å²) in [5.41, 5.74) is 5.39. The van der Waals surface area contributed by atoms with Crippen molar-refractivity contribution in [2.24, 2.45) is 11.7 Å². The minimum Gasteiger partial charge on any atom is -0.481 e. The van der Waals surface area contributed by atoms with Crippen LogP contribution in [0, 0.1) is 5.92 Å². The molecule has 0 saturated carbocycles. The average Bonchev–Trinajstić information content (AvgIpc) is 2.47. The summed E-state index contributed by atoms with van der Waals surface area (Å²) in [5, 5.41) is 8.96. The molecule has 21 heavy (non-hydrogen) atoms. The number of primary amides is 1. The van der Waals surface area contributed by atoms with Gasteiger partial charge in [-0.05, 0) is 32.2 Å². The number of carboxylic acid groups (broad SMARTS) is 1. The van der Waals surface area contributed by atoms with Crippen LogP contribution in [0.5, 0.6) is 0 Å². The molecular formula is C14H23N3O4. The van der Waals surface area contributed by atoms with Gasteiger partial charge in [0.15, 0.2) is 0 Å². The molecule has 118 valence electrons. The summed E-state index contributed by atoms with van der Waals surface area (Å²) >= 11 is 0. The highest BCUT2D eigenvalue weighted by Gasteiger charge is 2.31. The van der Waals surface area contributed by atoms with Gasteiger partial charge in [0.05, 0.1) is 18.5 Å². The van der Waals surface area contributed by atoms with Crippen LogP contribution in [0.15, 0.2) is 0 Å². The van der Waals surface area contributed by atoms with Gasteiger partial charge in [-0.1, -0.05) is 6.42 Å². The van der Waals surface area contributed by atoms with E-state index in [1.165, 1.54) is 0 Å². The van der Waals surface area contributed by atoms with E-state index in [1.54, 1.807) is 4.90 Å². The second kappa shape index (κ2) is 6.89. The van der Waals surface area contributed by atoms with Crippen molar-refractivity contribution in [2.75, 3.05) is 26.2 Å². The van der Waals surface area contributed by atoms with E-state index in [9.17, 15) is 14.4 Å². The Kier molecular flexibility index (Phi) is 5.17. The number of hydrogen-bond donors (Lipinski definition) is 2. The Labute approximate surface area is 124 Å². The fourth-order valence-electron chi connectivity index (χ4n) is 3.15. The molecule has 0 spiro atoms. The van der Waals surface area contributed by atoms with Gasteiger partial charge < -0.3 is 15.7 Å². The second-order valence-corrected chi connectivity index (χ2v) is 5.88. The predicted molar refractivity (Wildman–Crippen MR) is 75.3 cm³/mol. The third-order valence-corrected chi connectivity index (χ3v) is 4.48. The standard InChI is InChI=1S/C14H23N3O4/c15-13(19)11-3-1-2-6-17(11)9-12(18)16-7-4-10(5-8-16)14(20)21/h10-11H,1-9H2,(H2,15,19)(H,20,21). The first-order valence-electron chi connectivity index (χ1n) is 7.53. The average molecular weight is 297 g/mol. The zero-order chi connectivity index (χ0) is 15.4. The number of likely N-dealkylation sites (tertiary alicyclic amines) is 2. The lowest BCUT2D eigenvalue weighted by Crippen LogP contribution is -2.52.